The first-order valence-corrected chi connectivity index (χ1v) is 7.89. The van der Waals surface area contributed by atoms with E-state index in [1.165, 1.54) is 0 Å². The lowest BCUT2D eigenvalue weighted by atomic mass is 9.86. The number of rotatable bonds is 2. The number of carboxylic acids is 1. The molecule has 1 spiro atoms. The molecule has 23 heavy (non-hydrogen) atoms. The van der Waals surface area contributed by atoms with Crippen molar-refractivity contribution in [2.45, 2.75) is 24.9 Å². The lowest BCUT2D eigenvalue weighted by Gasteiger charge is -2.37. The minimum atomic E-state index is -1.06. The summed E-state index contributed by atoms with van der Waals surface area (Å²) >= 11 is 12.0. The molecule has 0 atom stereocenters. The Hall–Kier alpha value is -1.79. The minimum Gasteiger partial charge on any atom is -0.477 e. The number of oxime groups is 1. The number of aliphatic carboxylic acids is 1. The van der Waals surface area contributed by atoms with Gasteiger partial charge in [-0.3, -0.25) is 4.79 Å². The molecule has 2 aliphatic heterocycles. The van der Waals surface area contributed by atoms with E-state index in [-0.39, 0.29) is 23.1 Å². The predicted molar refractivity (Wildman–Crippen MR) is 85.1 cm³/mol. The Morgan fingerprint density at radius 3 is 2.57 bits per heavy atom. The van der Waals surface area contributed by atoms with Crippen LogP contribution >= 0.6 is 23.2 Å². The Kier molecular flexibility index (Phi) is 4.21. The molecule has 8 heteroatoms. The first-order valence-electron chi connectivity index (χ1n) is 7.13. The van der Waals surface area contributed by atoms with Crippen LogP contribution in [0.15, 0.2) is 23.4 Å². The van der Waals surface area contributed by atoms with Crippen LogP contribution in [0.2, 0.25) is 10.0 Å². The maximum atomic E-state index is 12.6. The van der Waals surface area contributed by atoms with Gasteiger partial charge >= 0.3 is 5.97 Å². The highest BCUT2D eigenvalue weighted by Gasteiger charge is 2.44. The van der Waals surface area contributed by atoms with Crippen molar-refractivity contribution in [1.82, 2.24) is 4.90 Å². The third-order valence-electron chi connectivity index (χ3n) is 4.23. The maximum absolute atomic E-state index is 12.6. The van der Waals surface area contributed by atoms with Crippen molar-refractivity contribution >= 4 is 40.8 Å². The summed E-state index contributed by atoms with van der Waals surface area (Å²) in [4.78, 5) is 30.5. The molecule has 0 unspecified atom stereocenters. The summed E-state index contributed by atoms with van der Waals surface area (Å²) in [6.07, 6.45) is 1.32. The van der Waals surface area contributed by atoms with Gasteiger partial charge in [0.15, 0.2) is 5.71 Å². The molecule has 0 aromatic heterocycles. The summed E-state index contributed by atoms with van der Waals surface area (Å²) in [6.45, 7) is 0.897. The van der Waals surface area contributed by atoms with E-state index in [2.05, 4.69) is 5.16 Å². The maximum Gasteiger partial charge on any atom is 0.353 e. The summed E-state index contributed by atoms with van der Waals surface area (Å²) in [7, 11) is 0. The number of likely N-dealkylation sites (tertiary alicyclic amines) is 1. The number of nitrogens with zero attached hydrogens (tertiary/aromatic N) is 2. The molecular formula is C15H14Cl2N2O4. The number of hydrogen-bond donors (Lipinski definition) is 1. The van der Waals surface area contributed by atoms with Gasteiger partial charge in [-0.2, -0.15) is 0 Å². The van der Waals surface area contributed by atoms with Gasteiger partial charge in [0.25, 0.3) is 5.91 Å². The molecule has 1 aromatic rings. The summed E-state index contributed by atoms with van der Waals surface area (Å²) in [5, 5.41) is 13.2. The molecule has 2 aliphatic rings. The Morgan fingerprint density at radius 2 is 1.96 bits per heavy atom. The Balaban J connectivity index is 1.67. The van der Waals surface area contributed by atoms with E-state index in [4.69, 9.17) is 33.1 Å². The molecule has 0 saturated carbocycles. The van der Waals surface area contributed by atoms with Crippen molar-refractivity contribution in [1.29, 1.82) is 0 Å². The molecule has 1 saturated heterocycles. The van der Waals surface area contributed by atoms with E-state index in [9.17, 15) is 9.59 Å². The first kappa shape index (κ1) is 16.1. The van der Waals surface area contributed by atoms with Gasteiger partial charge in [0.05, 0.1) is 15.6 Å². The van der Waals surface area contributed by atoms with Crippen LogP contribution in [0.4, 0.5) is 0 Å². The number of halogens is 2. The second kappa shape index (κ2) is 6.02. The van der Waals surface area contributed by atoms with E-state index >= 15 is 0 Å². The molecule has 3 rings (SSSR count). The smallest absolute Gasteiger partial charge is 0.353 e. The van der Waals surface area contributed by atoms with Crippen molar-refractivity contribution in [2.75, 3.05) is 13.1 Å². The van der Waals surface area contributed by atoms with Crippen molar-refractivity contribution < 1.29 is 19.5 Å². The number of carboxylic acid groups (broad SMARTS) is 1. The molecule has 122 valence electrons. The zero-order valence-electron chi connectivity index (χ0n) is 12.1. The fourth-order valence-electron chi connectivity index (χ4n) is 2.86. The number of amides is 1. The molecule has 6 nitrogen and oxygen atoms in total. The number of carbonyl (C=O) groups excluding carboxylic acids is 1. The Morgan fingerprint density at radius 1 is 1.26 bits per heavy atom. The van der Waals surface area contributed by atoms with Gasteiger partial charge in [0.1, 0.15) is 5.60 Å². The number of hydrogen-bond acceptors (Lipinski definition) is 4. The Bertz CT molecular complexity index is 697. The summed E-state index contributed by atoms with van der Waals surface area (Å²) in [6, 6.07) is 4.95. The van der Waals surface area contributed by atoms with Crippen LogP contribution in [-0.4, -0.2) is 46.3 Å². The summed E-state index contributed by atoms with van der Waals surface area (Å²) < 4.78 is 0. The number of benzene rings is 1. The lowest BCUT2D eigenvalue weighted by molar-refractivity contribution is -0.129. The van der Waals surface area contributed by atoms with Crippen molar-refractivity contribution in [3.05, 3.63) is 33.8 Å². The molecular weight excluding hydrogens is 343 g/mol. The quantitative estimate of drug-likeness (QED) is 0.883. The fourth-order valence-corrected chi connectivity index (χ4v) is 3.24. The van der Waals surface area contributed by atoms with Gasteiger partial charge in [-0.05, 0) is 12.1 Å². The van der Waals surface area contributed by atoms with Gasteiger partial charge < -0.3 is 14.8 Å². The Labute approximate surface area is 142 Å². The lowest BCUT2D eigenvalue weighted by Crippen LogP contribution is -2.47. The van der Waals surface area contributed by atoms with E-state index in [1.807, 2.05) is 0 Å². The van der Waals surface area contributed by atoms with E-state index in [0.29, 0.717) is 36.5 Å². The predicted octanol–water partition coefficient (Wildman–Crippen LogP) is 2.83. The monoisotopic (exact) mass is 356 g/mol. The van der Waals surface area contributed by atoms with Crippen LogP contribution in [0, 0.1) is 0 Å². The highest BCUT2D eigenvalue weighted by atomic mass is 35.5. The first-order chi connectivity index (χ1) is 10.9. The molecule has 2 heterocycles. The zero-order chi connectivity index (χ0) is 16.6. The average molecular weight is 357 g/mol. The molecule has 1 amide bonds. The van der Waals surface area contributed by atoms with Gasteiger partial charge in [-0.1, -0.05) is 34.4 Å². The van der Waals surface area contributed by atoms with Crippen LogP contribution in [0.5, 0.6) is 0 Å². The van der Waals surface area contributed by atoms with E-state index in [1.54, 1.807) is 23.1 Å². The van der Waals surface area contributed by atoms with Crippen molar-refractivity contribution in [3.8, 4) is 0 Å². The van der Waals surface area contributed by atoms with Crippen LogP contribution < -0.4 is 0 Å². The molecule has 0 aliphatic carbocycles. The highest BCUT2D eigenvalue weighted by molar-refractivity contribution is 6.43. The van der Waals surface area contributed by atoms with Crippen LogP contribution in [0.1, 0.15) is 29.6 Å². The van der Waals surface area contributed by atoms with Gasteiger partial charge in [-0.15, -0.1) is 0 Å². The minimum absolute atomic E-state index is 0.0302. The third kappa shape index (κ3) is 3.01. The second-order valence-corrected chi connectivity index (χ2v) is 6.47. The van der Waals surface area contributed by atoms with E-state index < -0.39 is 11.6 Å². The van der Waals surface area contributed by atoms with E-state index in [0.717, 1.165) is 0 Å². The molecule has 0 radical (unpaired) electrons. The third-order valence-corrected chi connectivity index (χ3v) is 5.05. The standard InChI is InChI=1S/C15H14Cl2N2O4/c16-10-3-1-2-9(12(10)17)13(20)19-6-4-15(5-7-19)8-11(14(21)22)18-23-15/h1-3H,4-8H2,(H,21,22). The summed E-state index contributed by atoms with van der Waals surface area (Å²) in [5.74, 6) is -1.25. The van der Waals surface area contributed by atoms with Crippen molar-refractivity contribution in [2.24, 2.45) is 5.16 Å². The number of carbonyl (C=O) groups is 2. The largest absolute Gasteiger partial charge is 0.477 e. The topological polar surface area (TPSA) is 79.2 Å². The van der Waals surface area contributed by atoms with Crippen molar-refractivity contribution in [3.63, 3.8) is 0 Å². The molecule has 1 aromatic carbocycles. The van der Waals surface area contributed by atoms with Crippen LogP contribution in [0.3, 0.4) is 0 Å². The van der Waals surface area contributed by atoms with Crippen LogP contribution in [0.25, 0.3) is 0 Å². The molecule has 0 bridgehead atoms. The molecule has 1 fully saturated rings. The van der Waals surface area contributed by atoms with Gasteiger partial charge in [0.2, 0.25) is 0 Å². The van der Waals surface area contributed by atoms with Gasteiger partial charge in [-0.25, -0.2) is 4.79 Å². The zero-order valence-corrected chi connectivity index (χ0v) is 13.6. The summed E-state index contributed by atoms with van der Waals surface area (Å²) in [5.41, 5.74) is -0.213. The normalized spacial score (nSPS) is 19.4. The molecule has 1 N–H and O–H groups in total. The number of piperidine rings is 1. The average Bonchev–Trinajstić information content (AvgIpc) is 2.94. The fraction of sp³-hybridized carbons (Fsp3) is 0.400. The second-order valence-electron chi connectivity index (χ2n) is 5.69. The SMILES string of the molecule is O=C(O)C1=NOC2(CCN(C(=O)c3cccc(Cl)c3Cl)CC2)C1. The van der Waals surface area contributed by atoms with Crippen LogP contribution in [-0.2, 0) is 9.63 Å². The van der Waals surface area contributed by atoms with Gasteiger partial charge in [0, 0.05) is 32.4 Å². The highest BCUT2D eigenvalue weighted by Crippen LogP contribution is 2.35.